The SMILES string of the molecule is Cc1c(NC(=O)c2cc(CN[C@H](C)C(=O)O)cn3cnnc23)cccc1-c1ccccc1. The molecule has 0 aliphatic heterocycles. The summed E-state index contributed by atoms with van der Waals surface area (Å²) in [6.07, 6.45) is 3.28. The summed E-state index contributed by atoms with van der Waals surface area (Å²) in [5.74, 6) is -1.26. The third kappa shape index (κ3) is 4.35. The van der Waals surface area contributed by atoms with Gasteiger partial charge in [-0.3, -0.25) is 14.0 Å². The van der Waals surface area contributed by atoms with Crippen LogP contribution in [0.15, 0.2) is 67.1 Å². The number of hydrogen-bond donors (Lipinski definition) is 3. The normalized spacial score (nSPS) is 11.9. The average Bonchev–Trinajstić information content (AvgIpc) is 3.27. The minimum absolute atomic E-state index is 0.282. The van der Waals surface area contributed by atoms with Gasteiger partial charge in [0.25, 0.3) is 5.91 Å². The summed E-state index contributed by atoms with van der Waals surface area (Å²) in [6, 6.07) is 16.8. The zero-order valence-electron chi connectivity index (χ0n) is 17.7. The van der Waals surface area contributed by atoms with Crippen molar-refractivity contribution in [2.75, 3.05) is 5.32 Å². The van der Waals surface area contributed by atoms with Gasteiger partial charge in [-0.2, -0.15) is 0 Å². The van der Waals surface area contributed by atoms with Crippen LogP contribution in [-0.2, 0) is 11.3 Å². The van der Waals surface area contributed by atoms with E-state index in [-0.39, 0.29) is 12.5 Å². The lowest BCUT2D eigenvalue weighted by atomic mass is 9.99. The molecule has 3 N–H and O–H groups in total. The molecule has 4 rings (SSSR count). The van der Waals surface area contributed by atoms with E-state index in [1.165, 1.54) is 6.33 Å². The maximum absolute atomic E-state index is 13.2. The van der Waals surface area contributed by atoms with Gasteiger partial charge in [-0.1, -0.05) is 42.5 Å². The lowest BCUT2D eigenvalue weighted by molar-refractivity contribution is -0.139. The molecule has 2 aromatic heterocycles. The van der Waals surface area contributed by atoms with Crippen molar-refractivity contribution in [3.8, 4) is 11.1 Å². The fourth-order valence-electron chi connectivity index (χ4n) is 3.51. The number of carbonyl (C=O) groups is 2. The van der Waals surface area contributed by atoms with E-state index in [1.54, 1.807) is 23.6 Å². The molecule has 1 amide bonds. The van der Waals surface area contributed by atoms with Gasteiger partial charge in [-0.25, -0.2) is 0 Å². The molecule has 0 bridgehead atoms. The Kier molecular flexibility index (Phi) is 5.96. The van der Waals surface area contributed by atoms with Crippen molar-refractivity contribution in [3.05, 3.63) is 83.8 Å². The number of benzene rings is 2. The van der Waals surface area contributed by atoms with Gasteiger partial charge < -0.3 is 15.7 Å². The number of pyridine rings is 1. The molecule has 0 fully saturated rings. The highest BCUT2D eigenvalue weighted by Crippen LogP contribution is 2.29. The van der Waals surface area contributed by atoms with Crippen LogP contribution in [0.1, 0.15) is 28.4 Å². The summed E-state index contributed by atoms with van der Waals surface area (Å²) in [5.41, 5.74) is 5.29. The topological polar surface area (TPSA) is 109 Å². The Morgan fingerprint density at radius 3 is 2.66 bits per heavy atom. The number of rotatable bonds is 7. The number of amides is 1. The monoisotopic (exact) mass is 429 g/mol. The van der Waals surface area contributed by atoms with Gasteiger partial charge in [0.05, 0.1) is 5.56 Å². The lowest BCUT2D eigenvalue weighted by Gasteiger charge is -2.14. The molecule has 0 aliphatic rings. The van der Waals surface area contributed by atoms with E-state index in [9.17, 15) is 9.59 Å². The third-order valence-electron chi connectivity index (χ3n) is 5.34. The van der Waals surface area contributed by atoms with Crippen LogP contribution in [0.5, 0.6) is 0 Å². The number of nitrogens with zero attached hydrogens (tertiary/aromatic N) is 3. The summed E-state index contributed by atoms with van der Waals surface area (Å²) in [5, 5.41) is 23.0. The van der Waals surface area contributed by atoms with E-state index in [0.717, 1.165) is 22.3 Å². The highest BCUT2D eigenvalue weighted by molar-refractivity contribution is 6.09. The number of carboxylic acids is 1. The molecule has 0 spiro atoms. The molecule has 8 heteroatoms. The van der Waals surface area contributed by atoms with Gasteiger partial charge in [0.1, 0.15) is 12.4 Å². The van der Waals surface area contributed by atoms with Crippen molar-refractivity contribution in [3.63, 3.8) is 0 Å². The molecule has 162 valence electrons. The third-order valence-corrected chi connectivity index (χ3v) is 5.34. The van der Waals surface area contributed by atoms with Crippen LogP contribution in [0.25, 0.3) is 16.8 Å². The van der Waals surface area contributed by atoms with Crippen molar-refractivity contribution in [1.82, 2.24) is 19.9 Å². The van der Waals surface area contributed by atoms with Gasteiger partial charge in [-0.15, -0.1) is 10.2 Å². The van der Waals surface area contributed by atoms with Gasteiger partial charge in [-0.05, 0) is 48.2 Å². The average molecular weight is 429 g/mol. The maximum atomic E-state index is 13.2. The molecule has 8 nitrogen and oxygen atoms in total. The summed E-state index contributed by atoms with van der Waals surface area (Å²) in [6.45, 7) is 3.82. The molecule has 2 aromatic carbocycles. The lowest BCUT2D eigenvalue weighted by Crippen LogP contribution is -2.33. The zero-order chi connectivity index (χ0) is 22.7. The minimum atomic E-state index is -0.942. The van der Waals surface area contributed by atoms with Crippen molar-refractivity contribution in [2.45, 2.75) is 26.4 Å². The van der Waals surface area contributed by atoms with E-state index in [2.05, 4.69) is 20.8 Å². The minimum Gasteiger partial charge on any atom is -0.480 e. The molecule has 32 heavy (non-hydrogen) atoms. The molecular weight excluding hydrogens is 406 g/mol. The molecule has 0 aliphatic carbocycles. The summed E-state index contributed by atoms with van der Waals surface area (Å²) in [4.78, 5) is 24.3. The van der Waals surface area contributed by atoms with E-state index in [0.29, 0.717) is 16.9 Å². The first kappa shape index (κ1) is 21.2. The van der Waals surface area contributed by atoms with Crippen molar-refractivity contribution in [2.24, 2.45) is 0 Å². The Bertz CT molecular complexity index is 1280. The zero-order valence-corrected chi connectivity index (χ0v) is 17.7. The van der Waals surface area contributed by atoms with Gasteiger partial charge in [0.15, 0.2) is 5.65 Å². The Morgan fingerprint density at radius 1 is 1.12 bits per heavy atom. The molecule has 0 saturated heterocycles. The number of anilines is 1. The number of nitrogens with one attached hydrogen (secondary N) is 2. The van der Waals surface area contributed by atoms with Gasteiger partial charge in [0.2, 0.25) is 0 Å². The number of fused-ring (bicyclic) bond motifs is 1. The second-order valence-corrected chi connectivity index (χ2v) is 7.56. The largest absolute Gasteiger partial charge is 0.480 e. The molecule has 0 saturated carbocycles. The molecule has 0 unspecified atom stereocenters. The van der Waals surface area contributed by atoms with E-state index < -0.39 is 12.0 Å². The fourth-order valence-corrected chi connectivity index (χ4v) is 3.51. The van der Waals surface area contributed by atoms with E-state index >= 15 is 0 Å². The fraction of sp³-hybridized carbons (Fsp3) is 0.167. The van der Waals surface area contributed by atoms with Crippen LogP contribution in [0.2, 0.25) is 0 Å². The first-order chi connectivity index (χ1) is 15.4. The van der Waals surface area contributed by atoms with Crippen molar-refractivity contribution in [1.29, 1.82) is 0 Å². The summed E-state index contributed by atoms with van der Waals surface area (Å²) < 4.78 is 1.66. The Labute approximate surface area is 184 Å². The van der Waals surface area contributed by atoms with Crippen LogP contribution in [0.4, 0.5) is 5.69 Å². The molecular formula is C24H23N5O3. The molecule has 2 heterocycles. The predicted octanol–water partition coefficient (Wildman–Crippen LogP) is 3.52. The number of hydrogen-bond acceptors (Lipinski definition) is 5. The highest BCUT2D eigenvalue weighted by Gasteiger charge is 2.17. The smallest absolute Gasteiger partial charge is 0.320 e. The first-order valence-electron chi connectivity index (χ1n) is 10.2. The molecule has 4 aromatic rings. The predicted molar refractivity (Wildman–Crippen MR) is 121 cm³/mol. The standard InChI is InChI=1S/C24H23N5O3/c1-15-19(18-7-4-3-5-8-18)9-6-10-21(15)27-23(30)20-11-17(12-25-16(2)24(31)32)13-29-14-26-28-22(20)29/h3-11,13-14,16,25H,12H2,1-2H3,(H,27,30)(H,31,32)/t16-/m1/s1. The van der Waals surface area contributed by atoms with Crippen LogP contribution in [0.3, 0.4) is 0 Å². The van der Waals surface area contributed by atoms with Crippen LogP contribution in [0, 0.1) is 6.92 Å². The number of aromatic nitrogens is 3. The van der Waals surface area contributed by atoms with Crippen LogP contribution in [-0.4, -0.2) is 37.6 Å². The van der Waals surface area contributed by atoms with Crippen molar-refractivity contribution >= 4 is 23.2 Å². The van der Waals surface area contributed by atoms with E-state index in [4.69, 9.17) is 5.11 Å². The van der Waals surface area contributed by atoms with Crippen LogP contribution < -0.4 is 10.6 Å². The quantitative estimate of drug-likeness (QED) is 0.415. The Hall–Kier alpha value is -4.04. The van der Waals surface area contributed by atoms with Gasteiger partial charge in [0, 0.05) is 18.4 Å². The number of aliphatic carboxylic acids is 1. The second-order valence-electron chi connectivity index (χ2n) is 7.56. The Balaban J connectivity index is 1.63. The first-order valence-corrected chi connectivity index (χ1v) is 10.2. The molecule has 1 atom stereocenters. The molecule has 0 radical (unpaired) electrons. The second kappa shape index (κ2) is 8.99. The Morgan fingerprint density at radius 2 is 1.91 bits per heavy atom. The van der Waals surface area contributed by atoms with Gasteiger partial charge >= 0.3 is 5.97 Å². The highest BCUT2D eigenvalue weighted by atomic mass is 16.4. The number of carboxylic acid groups (broad SMARTS) is 1. The van der Waals surface area contributed by atoms with E-state index in [1.807, 2.05) is 55.5 Å². The maximum Gasteiger partial charge on any atom is 0.320 e. The van der Waals surface area contributed by atoms with Crippen molar-refractivity contribution < 1.29 is 14.7 Å². The number of carbonyl (C=O) groups excluding carboxylic acids is 1. The summed E-state index contributed by atoms with van der Waals surface area (Å²) in [7, 11) is 0. The summed E-state index contributed by atoms with van der Waals surface area (Å²) >= 11 is 0. The van der Waals surface area contributed by atoms with Crippen LogP contribution >= 0.6 is 0 Å².